The normalized spacial score (nSPS) is 14.4. The molecule has 25 heteroatoms. The van der Waals surface area contributed by atoms with Crippen LogP contribution in [-0.4, -0.2) is 159 Å². The van der Waals surface area contributed by atoms with E-state index in [1.165, 1.54) is 127 Å². The first-order valence-corrected chi connectivity index (χ1v) is 35.8. The van der Waals surface area contributed by atoms with E-state index in [0.717, 1.165) is 44.9 Å². The van der Waals surface area contributed by atoms with Crippen molar-refractivity contribution in [2.45, 2.75) is 332 Å². The van der Waals surface area contributed by atoms with Crippen LogP contribution in [0.3, 0.4) is 0 Å². The molecule has 0 bridgehead atoms. The first kappa shape index (κ1) is 85.8. The molecule has 0 aliphatic heterocycles. The molecule has 0 aliphatic carbocycles. The summed E-state index contributed by atoms with van der Waals surface area (Å²) < 4.78 is 5.49. The van der Waals surface area contributed by atoms with Crippen molar-refractivity contribution in [3.05, 3.63) is 0 Å². The van der Waals surface area contributed by atoms with Crippen LogP contribution in [0.25, 0.3) is 0 Å². The first-order chi connectivity index (χ1) is 43.3. The molecular weight excluding hydrogens is 1180 g/mol. The number of unbranched alkanes of at least 4 members (excludes halogenated alkanes) is 25. The van der Waals surface area contributed by atoms with Gasteiger partial charge in [-0.2, -0.15) is 11.8 Å². The number of hydrogen-bond acceptors (Lipinski definition) is 18. The molecule has 90 heavy (non-hydrogen) atoms. The molecule has 0 aliphatic rings. The molecule has 0 radical (unpaired) electrons. The van der Waals surface area contributed by atoms with Gasteiger partial charge in [-0.05, 0) is 109 Å². The number of carboxylic acid groups (broad SMARTS) is 1. The number of carboxylic acids is 1. The lowest BCUT2D eigenvalue weighted by molar-refractivity contribution is -0.144. The van der Waals surface area contributed by atoms with E-state index in [9.17, 15) is 63.9 Å². The zero-order chi connectivity index (χ0) is 67.0. The second kappa shape index (κ2) is 58.6. The summed E-state index contributed by atoms with van der Waals surface area (Å²) in [6.07, 6.45) is 28.3. The fourth-order valence-corrected chi connectivity index (χ4v) is 11.3. The highest BCUT2D eigenvalue weighted by Gasteiger charge is 2.33. The number of rotatable bonds is 63. The third-order valence-electron chi connectivity index (χ3n) is 15.9. The molecule has 0 spiro atoms. The molecule has 0 saturated carbocycles. The van der Waals surface area contributed by atoms with E-state index in [1.807, 2.05) is 0 Å². The maximum absolute atomic E-state index is 14.3. The Morgan fingerprint density at radius 3 is 1.09 bits per heavy atom. The number of esters is 1. The van der Waals surface area contributed by atoms with Crippen LogP contribution in [-0.2, 0) is 43.1 Å². The van der Waals surface area contributed by atoms with Crippen LogP contribution in [0, 0.1) is 0 Å². The minimum absolute atomic E-state index is 0.0120. The summed E-state index contributed by atoms with van der Waals surface area (Å²) in [7, 11) is 0. The summed E-state index contributed by atoms with van der Waals surface area (Å²) in [6.45, 7) is 4.00. The van der Waals surface area contributed by atoms with Crippen molar-refractivity contribution in [2.75, 3.05) is 31.3 Å². The Balaban J connectivity index is 6.12. The third kappa shape index (κ3) is 49.4. The number of hydrogen-bond donors (Lipinski definition) is 15. The molecule has 3 unspecified atom stereocenters. The Kier molecular flexibility index (Phi) is 55.9. The smallest absolute Gasteiger partial charge is 0.326 e. The van der Waals surface area contributed by atoms with Gasteiger partial charge in [0.05, 0.1) is 13.2 Å². The molecule has 24 nitrogen and oxygen atoms in total. The van der Waals surface area contributed by atoms with Gasteiger partial charge in [0.15, 0.2) is 0 Å². The number of thioether (sulfide) groups is 1. The topological polar surface area (TPSA) is 423 Å². The molecule has 6 amide bonds. The molecule has 19 N–H and O–H groups in total. The predicted molar refractivity (Wildman–Crippen MR) is 355 cm³/mol. The number of carbonyl (C=O) groups excluding carboxylic acids is 7. The monoisotopic (exact) mass is 1300 g/mol. The Morgan fingerprint density at radius 1 is 0.389 bits per heavy atom. The molecular formula is C65H126N10O14S. The number of carbonyl (C=O) groups is 8. The molecule has 0 heterocycles. The average molecular weight is 1300 g/mol. The van der Waals surface area contributed by atoms with Crippen molar-refractivity contribution >= 4 is 59.1 Å². The van der Waals surface area contributed by atoms with Gasteiger partial charge in [-0.3, -0.25) is 33.6 Å². The maximum atomic E-state index is 14.3. The lowest BCUT2D eigenvalue weighted by Crippen LogP contribution is -2.60. The summed E-state index contributed by atoms with van der Waals surface area (Å²) in [4.78, 5) is 108. The Hall–Kier alpha value is -4.21. The SMILES string of the molecule is CCCCCCCCCCCCCCCC(=O)N[C@@H](CSCCCOC(=O)CCCCCCCCCCCCCCC)C(=O)N[C@@H](CO)C(=O)N[C@@H](CCCC(N)O)C(=O)N[C@@H](CCCC(N)O)C(=O)N[C@@H](CCCC(N)O)C(=O)N[C@@H](CCCCN)C(=O)O. The zero-order valence-corrected chi connectivity index (χ0v) is 56.2. The maximum Gasteiger partial charge on any atom is 0.326 e. The van der Waals surface area contributed by atoms with Crippen molar-refractivity contribution in [1.82, 2.24) is 31.9 Å². The molecule has 0 saturated heterocycles. The first-order valence-electron chi connectivity index (χ1n) is 34.7. The number of aliphatic carboxylic acids is 1. The van der Waals surface area contributed by atoms with Crippen LogP contribution >= 0.6 is 11.8 Å². The number of ether oxygens (including phenoxy) is 1. The van der Waals surface area contributed by atoms with E-state index >= 15 is 0 Å². The molecule has 0 fully saturated rings. The van der Waals surface area contributed by atoms with Crippen molar-refractivity contribution in [1.29, 1.82) is 0 Å². The summed E-state index contributed by atoms with van der Waals surface area (Å²) in [5.74, 6) is -5.86. The van der Waals surface area contributed by atoms with E-state index in [2.05, 4.69) is 45.7 Å². The van der Waals surface area contributed by atoms with Crippen LogP contribution in [0.1, 0.15) is 277 Å². The van der Waals surface area contributed by atoms with Crippen molar-refractivity contribution in [3.63, 3.8) is 0 Å². The number of aliphatic hydroxyl groups is 4. The van der Waals surface area contributed by atoms with Crippen molar-refractivity contribution in [2.24, 2.45) is 22.9 Å². The van der Waals surface area contributed by atoms with E-state index in [4.69, 9.17) is 27.7 Å². The Labute approximate surface area is 543 Å². The van der Waals surface area contributed by atoms with Gasteiger partial charge in [0, 0.05) is 18.6 Å². The minimum atomic E-state index is -1.64. The number of aliphatic hydroxyl groups excluding tert-OH is 4. The predicted octanol–water partition coefficient (Wildman–Crippen LogP) is 6.07. The zero-order valence-electron chi connectivity index (χ0n) is 55.4. The summed E-state index contributed by atoms with van der Waals surface area (Å²) >= 11 is 1.34. The molecule has 0 aromatic heterocycles. The van der Waals surface area contributed by atoms with Gasteiger partial charge in [0.1, 0.15) is 54.9 Å². The second-order valence-electron chi connectivity index (χ2n) is 24.4. The lowest BCUT2D eigenvalue weighted by atomic mass is 10.0. The van der Waals surface area contributed by atoms with Gasteiger partial charge < -0.3 is 85.1 Å². The quantitative estimate of drug-likeness (QED) is 0.0186. The van der Waals surface area contributed by atoms with Gasteiger partial charge in [0.25, 0.3) is 0 Å². The molecule has 0 aromatic rings. The summed E-state index contributed by atoms with van der Waals surface area (Å²) in [6, 6.07) is -8.41. The molecule has 526 valence electrons. The number of nitrogens with two attached hydrogens (primary N) is 4. The highest BCUT2D eigenvalue weighted by atomic mass is 32.2. The second-order valence-corrected chi connectivity index (χ2v) is 25.5. The fourth-order valence-electron chi connectivity index (χ4n) is 10.4. The standard InChI is InChI=1S/C65H126N10O14S/c1-3-5-7-9-11-13-15-17-19-21-23-25-27-42-58(80)70-54(48-90-46-34-45-89-59(81)43-28-26-24-22-20-18-16-14-12-10-8-6-4-2)64(86)75-53(47-76)63(85)73-50(37-32-40-56(68)78)61(83)71-49(36-31-39-55(67)77)60(82)72-51(38-33-41-57(69)79)62(84)74-52(65(87)88)35-29-30-44-66/h49-57,76-79H,3-48,66-69H2,1-2H3,(H,70,80)(H,71,83)(H,72,82)(H,73,85)(H,74,84)(H,75,86)(H,87,88)/t49-,50-,51-,52-,53-,54-,55?,56?,57?/m0/s1. The Morgan fingerprint density at radius 2 is 0.722 bits per heavy atom. The van der Waals surface area contributed by atoms with Crippen LogP contribution in [0.15, 0.2) is 0 Å². The van der Waals surface area contributed by atoms with Gasteiger partial charge in [0.2, 0.25) is 35.4 Å². The summed E-state index contributed by atoms with van der Waals surface area (Å²) in [5, 5.41) is 65.3. The van der Waals surface area contributed by atoms with Gasteiger partial charge in [-0.15, -0.1) is 0 Å². The lowest BCUT2D eigenvalue weighted by Gasteiger charge is -2.27. The van der Waals surface area contributed by atoms with E-state index in [1.54, 1.807) is 0 Å². The van der Waals surface area contributed by atoms with Gasteiger partial charge in [-0.25, -0.2) is 4.79 Å². The number of amides is 6. The summed E-state index contributed by atoms with van der Waals surface area (Å²) in [5.41, 5.74) is 22.3. The molecule has 9 atom stereocenters. The van der Waals surface area contributed by atoms with Crippen LogP contribution < -0.4 is 54.8 Å². The van der Waals surface area contributed by atoms with E-state index < -0.39 is 97.0 Å². The Bertz CT molecular complexity index is 1880. The molecule has 0 aromatic carbocycles. The van der Waals surface area contributed by atoms with E-state index in [-0.39, 0.29) is 94.9 Å². The minimum Gasteiger partial charge on any atom is -0.480 e. The average Bonchev–Trinajstić information content (AvgIpc) is 2.51. The van der Waals surface area contributed by atoms with Gasteiger partial charge in [-0.1, -0.05) is 168 Å². The third-order valence-corrected chi connectivity index (χ3v) is 17.0. The van der Waals surface area contributed by atoms with E-state index in [0.29, 0.717) is 44.4 Å². The highest BCUT2D eigenvalue weighted by Crippen LogP contribution is 2.17. The number of nitrogens with one attached hydrogen (secondary N) is 6. The fraction of sp³-hybridized carbons (Fsp3) is 0.877. The van der Waals surface area contributed by atoms with Crippen LogP contribution in [0.2, 0.25) is 0 Å². The molecule has 0 rings (SSSR count). The largest absolute Gasteiger partial charge is 0.480 e. The van der Waals surface area contributed by atoms with Crippen molar-refractivity contribution < 1.29 is 68.6 Å². The van der Waals surface area contributed by atoms with Crippen LogP contribution in [0.4, 0.5) is 0 Å². The highest BCUT2D eigenvalue weighted by molar-refractivity contribution is 7.99. The van der Waals surface area contributed by atoms with Crippen molar-refractivity contribution in [3.8, 4) is 0 Å². The van der Waals surface area contributed by atoms with Crippen LogP contribution in [0.5, 0.6) is 0 Å². The van der Waals surface area contributed by atoms with Gasteiger partial charge >= 0.3 is 11.9 Å².